The van der Waals surface area contributed by atoms with E-state index in [0.717, 1.165) is 19.4 Å². The van der Waals surface area contributed by atoms with Gasteiger partial charge in [0.2, 0.25) is 0 Å². The summed E-state index contributed by atoms with van der Waals surface area (Å²) in [6, 6.07) is 0.354. The van der Waals surface area contributed by atoms with E-state index in [2.05, 4.69) is 4.90 Å². The van der Waals surface area contributed by atoms with Crippen LogP contribution in [0.15, 0.2) is 0 Å². The number of hydrogen-bond donors (Lipinski definition) is 4. The maximum Gasteiger partial charge on any atom is 0.451 e. The van der Waals surface area contributed by atoms with Gasteiger partial charge in [0.25, 0.3) is 0 Å². The lowest BCUT2D eigenvalue weighted by atomic mass is 9.81. The molecule has 24 heavy (non-hydrogen) atoms. The molecule has 0 aromatic carbocycles. The van der Waals surface area contributed by atoms with Gasteiger partial charge in [0.05, 0.1) is 6.61 Å². The Morgan fingerprint density at radius 2 is 2.00 bits per heavy atom. The quantitative estimate of drug-likeness (QED) is 0.305. The molecule has 0 saturated carbocycles. The van der Waals surface area contributed by atoms with Gasteiger partial charge in [-0.15, -0.1) is 24.8 Å². The SMILES string of the molecule is COCC1CCCN1CCC(N)(CCCCB(O)O)C(=O)O.Cl.Cl. The molecule has 0 spiro atoms. The Morgan fingerprint density at radius 1 is 1.33 bits per heavy atom. The van der Waals surface area contributed by atoms with Crippen molar-refractivity contribution in [2.24, 2.45) is 5.73 Å². The highest BCUT2D eigenvalue weighted by atomic mass is 35.5. The molecule has 5 N–H and O–H groups in total. The fourth-order valence-electron chi connectivity index (χ4n) is 3.02. The van der Waals surface area contributed by atoms with E-state index in [-0.39, 0.29) is 31.1 Å². The zero-order valence-corrected chi connectivity index (χ0v) is 15.9. The summed E-state index contributed by atoms with van der Waals surface area (Å²) in [5.74, 6) is -0.987. The highest BCUT2D eigenvalue weighted by Gasteiger charge is 2.35. The summed E-state index contributed by atoms with van der Waals surface area (Å²) in [7, 11) is 0.340. The number of carboxylic acid groups (broad SMARTS) is 1. The number of rotatable bonds is 11. The summed E-state index contributed by atoms with van der Waals surface area (Å²) in [5, 5.41) is 27.0. The van der Waals surface area contributed by atoms with Crippen LogP contribution in [-0.2, 0) is 9.53 Å². The van der Waals surface area contributed by atoms with Crippen LogP contribution in [0.1, 0.15) is 38.5 Å². The molecule has 1 aliphatic heterocycles. The van der Waals surface area contributed by atoms with Crippen molar-refractivity contribution in [3.63, 3.8) is 0 Å². The van der Waals surface area contributed by atoms with E-state index >= 15 is 0 Å². The van der Waals surface area contributed by atoms with Gasteiger partial charge < -0.3 is 25.6 Å². The van der Waals surface area contributed by atoms with E-state index in [9.17, 15) is 9.90 Å². The van der Waals surface area contributed by atoms with Crippen LogP contribution in [0.4, 0.5) is 0 Å². The minimum atomic E-state index is -1.34. The smallest absolute Gasteiger partial charge is 0.451 e. The summed E-state index contributed by atoms with van der Waals surface area (Å²) < 4.78 is 5.20. The third-order valence-electron chi connectivity index (χ3n) is 4.46. The first-order valence-corrected chi connectivity index (χ1v) is 8.00. The number of ether oxygens (including phenoxy) is 1. The number of carbonyl (C=O) groups is 1. The molecule has 1 saturated heterocycles. The van der Waals surface area contributed by atoms with Crippen LogP contribution in [0, 0.1) is 0 Å². The second kappa shape index (κ2) is 13.2. The van der Waals surface area contributed by atoms with Crippen LogP contribution in [-0.4, -0.2) is 71.5 Å². The molecular weight excluding hydrogens is 358 g/mol. The minimum Gasteiger partial charge on any atom is -0.480 e. The van der Waals surface area contributed by atoms with Gasteiger partial charge in [-0.25, -0.2) is 0 Å². The van der Waals surface area contributed by atoms with Gasteiger partial charge in [-0.05, 0) is 38.5 Å². The van der Waals surface area contributed by atoms with Crippen molar-refractivity contribution < 1.29 is 24.7 Å². The number of unbranched alkanes of at least 4 members (excludes halogenated alkanes) is 1. The van der Waals surface area contributed by atoms with Crippen molar-refractivity contribution in [1.82, 2.24) is 4.90 Å². The molecule has 0 radical (unpaired) electrons. The molecule has 2 unspecified atom stereocenters. The van der Waals surface area contributed by atoms with Crippen molar-refractivity contribution >= 4 is 37.9 Å². The topological polar surface area (TPSA) is 116 Å². The molecule has 144 valence electrons. The van der Waals surface area contributed by atoms with E-state index in [4.69, 9.17) is 20.5 Å². The number of hydrogen-bond acceptors (Lipinski definition) is 6. The van der Waals surface area contributed by atoms with E-state index in [1.54, 1.807) is 7.11 Å². The average Bonchev–Trinajstić information content (AvgIpc) is 2.89. The second-order valence-corrected chi connectivity index (χ2v) is 6.23. The zero-order chi connectivity index (χ0) is 16.6. The van der Waals surface area contributed by atoms with Crippen molar-refractivity contribution in [3.05, 3.63) is 0 Å². The minimum absolute atomic E-state index is 0. The van der Waals surface area contributed by atoms with Crippen molar-refractivity contribution in [3.8, 4) is 0 Å². The van der Waals surface area contributed by atoms with E-state index in [0.29, 0.717) is 44.9 Å². The Bertz CT molecular complexity index is 355. The van der Waals surface area contributed by atoms with Crippen molar-refractivity contribution in [2.45, 2.75) is 56.4 Å². The summed E-state index contributed by atoms with van der Waals surface area (Å²) in [6.45, 7) is 2.28. The number of nitrogens with zero attached hydrogens (tertiary/aromatic N) is 1. The lowest BCUT2D eigenvalue weighted by Gasteiger charge is -2.30. The van der Waals surface area contributed by atoms with Crippen molar-refractivity contribution in [1.29, 1.82) is 0 Å². The zero-order valence-electron chi connectivity index (χ0n) is 14.2. The first-order valence-electron chi connectivity index (χ1n) is 8.00. The van der Waals surface area contributed by atoms with Crippen LogP contribution in [0.5, 0.6) is 0 Å². The number of likely N-dealkylation sites (tertiary alicyclic amines) is 1. The summed E-state index contributed by atoms with van der Waals surface area (Å²) in [5.41, 5.74) is 4.82. The molecule has 1 fully saturated rings. The lowest BCUT2D eigenvalue weighted by molar-refractivity contribution is -0.144. The van der Waals surface area contributed by atoms with Crippen LogP contribution >= 0.6 is 24.8 Å². The largest absolute Gasteiger partial charge is 0.480 e. The molecule has 1 heterocycles. The van der Waals surface area contributed by atoms with Gasteiger partial charge in [-0.1, -0.05) is 12.8 Å². The van der Waals surface area contributed by atoms with Gasteiger partial charge in [-0.2, -0.15) is 0 Å². The highest BCUT2D eigenvalue weighted by Crippen LogP contribution is 2.22. The van der Waals surface area contributed by atoms with Crippen LogP contribution in [0.25, 0.3) is 0 Å². The van der Waals surface area contributed by atoms with Gasteiger partial charge in [-0.3, -0.25) is 9.69 Å². The normalized spacial score (nSPS) is 19.9. The Kier molecular flexibility index (Phi) is 14.3. The molecule has 1 aliphatic rings. The van der Waals surface area contributed by atoms with E-state index in [1.807, 2.05) is 0 Å². The Balaban J connectivity index is 0. The Labute approximate surface area is 156 Å². The second-order valence-electron chi connectivity index (χ2n) is 6.23. The summed E-state index contributed by atoms with van der Waals surface area (Å²) in [6.07, 6.45) is 4.29. The highest BCUT2D eigenvalue weighted by molar-refractivity contribution is 6.40. The third kappa shape index (κ3) is 8.85. The summed E-state index contributed by atoms with van der Waals surface area (Å²) >= 11 is 0. The monoisotopic (exact) mass is 388 g/mol. The number of methoxy groups -OCH3 is 1. The van der Waals surface area contributed by atoms with Crippen LogP contribution in [0.2, 0.25) is 6.32 Å². The fraction of sp³-hybridized carbons (Fsp3) is 0.929. The molecule has 0 amide bonds. The van der Waals surface area contributed by atoms with Gasteiger partial charge in [0.1, 0.15) is 5.54 Å². The van der Waals surface area contributed by atoms with E-state index in [1.165, 1.54) is 0 Å². The van der Waals surface area contributed by atoms with Crippen LogP contribution in [0.3, 0.4) is 0 Å². The molecule has 10 heteroatoms. The molecule has 2 atom stereocenters. The number of carboxylic acids is 1. The fourth-order valence-corrected chi connectivity index (χ4v) is 3.02. The molecule has 7 nitrogen and oxygen atoms in total. The maximum absolute atomic E-state index is 11.5. The molecule has 0 aliphatic carbocycles. The number of halogens is 2. The Morgan fingerprint density at radius 3 is 2.54 bits per heavy atom. The molecular formula is C14H31BCl2N2O5. The molecule has 1 rings (SSSR count). The molecule has 0 aromatic rings. The first kappa shape index (κ1) is 26.1. The van der Waals surface area contributed by atoms with Gasteiger partial charge in [0, 0.05) is 19.7 Å². The predicted molar refractivity (Wildman–Crippen MR) is 99.0 cm³/mol. The van der Waals surface area contributed by atoms with Gasteiger partial charge >= 0.3 is 13.1 Å². The lowest BCUT2D eigenvalue weighted by Crippen LogP contribution is -2.50. The van der Waals surface area contributed by atoms with Crippen LogP contribution < -0.4 is 5.73 Å². The first-order chi connectivity index (χ1) is 10.4. The number of nitrogens with two attached hydrogens (primary N) is 1. The van der Waals surface area contributed by atoms with E-state index < -0.39 is 18.6 Å². The third-order valence-corrected chi connectivity index (χ3v) is 4.46. The molecule has 0 aromatic heterocycles. The summed E-state index contributed by atoms with van der Waals surface area (Å²) in [4.78, 5) is 13.7. The predicted octanol–water partition coefficient (Wildman–Crippen LogP) is 0.756. The maximum atomic E-state index is 11.5. The Hall–Kier alpha value is -0.0851. The molecule has 0 bridgehead atoms. The number of aliphatic carboxylic acids is 1. The van der Waals surface area contributed by atoms with Crippen molar-refractivity contribution in [2.75, 3.05) is 26.8 Å². The van der Waals surface area contributed by atoms with Gasteiger partial charge in [0.15, 0.2) is 0 Å². The average molecular weight is 389 g/mol. The standard InChI is InChI=1S/C14H29BN2O5.2ClH/c1-22-11-12-5-4-9-17(12)10-7-14(16,13(18)19)6-2-3-8-15(20)21;;/h12,20-21H,2-11,16H2,1H3,(H,18,19);2*1H.